The van der Waals surface area contributed by atoms with Crippen LogP contribution < -0.4 is 9.47 Å². The summed E-state index contributed by atoms with van der Waals surface area (Å²) in [6.45, 7) is 0.449. The van der Waals surface area contributed by atoms with E-state index in [4.69, 9.17) is 9.47 Å². The molecule has 1 fully saturated rings. The van der Waals surface area contributed by atoms with Crippen LogP contribution in [0, 0.1) is 0 Å². The number of hydrogen-bond acceptors (Lipinski definition) is 4. The third kappa shape index (κ3) is 3.09. The molecule has 1 heterocycles. The van der Waals surface area contributed by atoms with E-state index in [0.29, 0.717) is 30.0 Å². The lowest BCUT2D eigenvalue weighted by Gasteiger charge is -2.33. The van der Waals surface area contributed by atoms with Gasteiger partial charge in [-0.15, -0.1) is 0 Å². The van der Waals surface area contributed by atoms with Gasteiger partial charge in [-0.3, -0.25) is 4.79 Å². The Hall–Kier alpha value is -2.24. The van der Waals surface area contributed by atoms with Crippen LogP contribution in [0.2, 0.25) is 0 Å². The van der Waals surface area contributed by atoms with E-state index in [1.54, 1.807) is 18.2 Å². The molecule has 1 aromatic carbocycles. The second-order valence-corrected chi connectivity index (χ2v) is 4.91. The maximum atomic E-state index is 12.6. The fraction of sp³-hybridized carbons (Fsp3) is 0.467. The quantitative estimate of drug-likeness (QED) is 0.915. The number of methoxy groups -OCH3 is 2. The molecule has 0 saturated carbocycles. The van der Waals surface area contributed by atoms with E-state index in [1.807, 2.05) is 0 Å². The molecule has 0 aliphatic carbocycles. The Bertz CT molecular complexity index is 543. The summed E-state index contributed by atoms with van der Waals surface area (Å²) in [7, 11) is 3.00. The number of carbonyl (C=O) groups is 2. The number of ether oxygens (including phenoxy) is 2. The number of piperidine rings is 1. The Morgan fingerprint density at radius 3 is 2.62 bits per heavy atom. The monoisotopic (exact) mass is 293 g/mol. The van der Waals surface area contributed by atoms with Crippen LogP contribution in [-0.2, 0) is 4.79 Å². The summed E-state index contributed by atoms with van der Waals surface area (Å²) in [6.07, 6.45) is 2.12. The molecular weight excluding hydrogens is 274 g/mol. The van der Waals surface area contributed by atoms with Crippen LogP contribution in [0.5, 0.6) is 11.5 Å². The number of rotatable bonds is 4. The third-order valence-electron chi connectivity index (χ3n) is 3.69. The molecule has 1 atom stereocenters. The highest BCUT2D eigenvalue weighted by Crippen LogP contribution is 2.28. The summed E-state index contributed by atoms with van der Waals surface area (Å²) < 4.78 is 10.3. The van der Waals surface area contributed by atoms with Crippen molar-refractivity contribution in [3.05, 3.63) is 23.8 Å². The Kier molecular flexibility index (Phi) is 4.67. The number of amides is 1. The molecule has 1 saturated heterocycles. The van der Waals surface area contributed by atoms with Gasteiger partial charge < -0.3 is 19.5 Å². The number of likely N-dealkylation sites (tertiary alicyclic amines) is 1. The molecule has 1 amide bonds. The van der Waals surface area contributed by atoms with Gasteiger partial charge in [0.1, 0.15) is 17.5 Å². The van der Waals surface area contributed by atoms with Gasteiger partial charge in [0.25, 0.3) is 5.91 Å². The molecule has 1 aliphatic rings. The average Bonchev–Trinajstić information content (AvgIpc) is 2.53. The lowest BCUT2D eigenvalue weighted by Crippen LogP contribution is -2.48. The molecule has 114 valence electrons. The predicted molar refractivity (Wildman–Crippen MR) is 75.9 cm³/mol. The number of benzene rings is 1. The molecule has 0 spiro atoms. The summed E-state index contributed by atoms with van der Waals surface area (Å²) in [4.78, 5) is 25.4. The van der Waals surface area contributed by atoms with Crippen molar-refractivity contribution in [3.63, 3.8) is 0 Å². The highest BCUT2D eigenvalue weighted by Gasteiger charge is 2.33. The van der Waals surface area contributed by atoms with Gasteiger partial charge in [-0.2, -0.15) is 0 Å². The van der Waals surface area contributed by atoms with Crippen molar-refractivity contribution in [2.75, 3.05) is 20.8 Å². The number of hydrogen-bond donors (Lipinski definition) is 1. The van der Waals surface area contributed by atoms with E-state index >= 15 is 0 Å². The van der Waals surface area contributed by atoms with Gasteiger partial charge in [0, 0.05) is 12.6 Å². The average molecular weight is 293 g/mol. The van der Waals surface area contributed by atoms with E-state index in [0.717, 1.165) is 12.8 Å². The first-order valence-corrected chi connectivity index (χ1v) is 6.84. The minimum Gasteiger partial charge on any atom is -0.497 e. The Balaban J connectivity index is 2.31. The predicted octanol–water partition coefficient (Wildman–Crippen LogP) is 1.78. The fourth-order valence-corrected chi connectivity index (χ4v) is 2.56. The lowest BCUT2D eigenvalue weighted by atomic mass is 10.0. The standard InChI is InChI=1S/C15H19NO5/c1-20-10-6-7-11(13(9-10)21-2)14(17)16-8-4-3-5-12(16)15(18)19/h6-7,9,12H,3-5,8H2,1-2H3,(H,18,19)/t12-/m0/s1. The van der Waals surface area contributed by atoms with Crippen LogP contribution in [0.3, 0.4) is 0 Å². The molecule has 6 nitrogen and oxygen atoms in total. The van der Waals surface area contributed by atoms with E-state index in [1.165, 1.54) is 19.1 Å². The first-order chi connectivity index (χ1) is 10.1. The van der Waals surface area contributed by atoms with Crippen molar-refractivity contribution in [1.82, 2.24) is 4.90 Å². The largest absolute Gasteiger partial charge is 0.497 e. The summed E-state index contributed by atoms with van der Waals surface area (Å²) in [6, 6.07) is 4.12. The van der Waals surface area contributed by atoms with Crippen LogP contribution in [0.4, 0.5) is 0 Å². The van der Waals surface area contributed by atoms with Gasteiger partial charge in [0.2, 0.25) is 0 Å². The van der Waals surface area contributed by atoms with Crippen molar-refractivity contribution in [2.45, 2.75) is 25.3 Å². The van der Waals surface area contributed by atoms with E-state index in [-0.39, 0.29) is 5.91 Å². The van der Waals surface area contributed by atoms with Gasteiger partial charge in [-0.05, 0) is 31.4 Å². The van der Waals surface area contributed by atoms with E-state index in [9.17, 15) is 14.7 Å². The molecule has 0 unspecified atom stereocenters. The highest BCUT2D eigenvalue weighted by atomic mass is 16.5. The maximum Gasteiger partial charge on any atom is 0.326 e. The lowest BCUT2D eigenvalue weighted by molar-refractivity contribution is -0.143. The summed E-state index contributed by atoms with van der Waals surface area (Å²) in [5, 5.41) is 9.27. The maximum absolute atomic E-state index is 12.6. The zero-order chi connectivity index (χ0) is 15.4. The number of nitrogens with zero attached hydrogens (tertiary/aromatic N) is 1. The molecule has 21 heavy (non-hydrogen) atoms. The normalized spacial score (nSPS) is 18.2. The van der Waals surface area contributed by atoms with Crippen molar-refractivity contribution >= 4 is 11.9 Å². The van der Waals surface area contributed by atoms with E-state index in [2.05, 4.69) is 0 Å². The first kappa shape index (κ1) is 15.2. The SMILES string of the molecule is COc1ccc(C(=O)N2CCCC[C@H]2C(=O)O)c(OC)c1. The Morgan fingerprint density at radius 1 is 1.24 bits per heavy atom. The highest BCUT2D eigenvalue weighted by molar-refractivity contribution is 5.99. The zero-order valence-corrected chi connectivity index (χ0v) is 12.2. The zero-order valence-electron chi connectivity index (χ0n) is 12.2. The van der Waals surface area contributed by atoms with Crippen LogP contribution in [-0.4, -0.2) is 48.7 Å². The molecule has 0 aromatic heterocycles. The van der Waals surface area contributed by atoms with Crippen LogP contribution in [0.1, 0.15) is 29.6 Å². The number of aliphatic carboxylic acids is 1. The minimum atomic E-state index is -0.962. The van der Waals surface area contributed by atoms with Gasteiger partial charge in [0.05, 0.1) is 19.8 Å². The molecule has 0 radical (unpaired) electrons. The topological polar surface area (TPSA) is 76.1 Å². The number of carbonyl (C=O) groups excluding carboxylic acids is 1. The van der Waals surface area contributed by atoms with Crippen molar-refractivity contribution in [3.8, 4) is 11.5 Å². The smallest absolute Gasteiger partial charge is 0.326 e. The van der Waals surface area contributed by atoms with Crippen molar-refractivity contribution in [1.29, 1.82) is 0 Å². The Morgan fingerprint density at radius 2 is 2.00 bits per heavy atom. The second kappa shape index (κ2) is 6.47. The second-order valence-electron chi connectivity index (χ2n) is 4.91. The summed E-state index contributed by atoms with van der Waals surface area (Å²) in [5.74, 6) is -0.317. The van der Waals surface area contributed by atoms with Crippen molar-refractivity contribution < 1.29 is 24.2 Å². The first-order valence-electron chi connectivity index (χ1n) is 6.84. The molecular formula is C15H19NO5. The summed E-state index contributed by atoms with van der Waals surface area (Å²) >= 11 is 0. The molecule has 1 aromatic rings. The minimum absolute atomic E-state index is 0.318. The molecule has 2 rings (SSSR count). The molecule has 6 heteroatoms. The van der Waals surface area contributed by atoms with E-state index < -0.39 is 12.0 Å². The fourth-order valence-electron chi connectivity index (χ4n) is 2.56. The Labute approximate surface area is 123 Å². The number of carboxylic acid groups (broad SMARTS) is 1. The molecule has 1 aliphatic heterocycles. The van der Waals surface area contributed by atoms with Gasteiger partial charge >= 0.3 is 5.97 Å². The van der Waals surface area contributed by atoms with Gasteiger partial charge in [-0.1, -0.05) is 0 Å². The van der Waals surface area contributed by atoms with Crippen LogP contribution in [0.25, 0.3) is 0 Å². The summed E-state index contributed by atoms with van der Waals surface area (Å²) in [5.41, 5.74) is 0.353. The van der Waals surface area contributed by atoms with Crippen LogP contribution >= 0.6 is 0 Å². The number of carboxylic acids is 1. The van der Waals surface area contributed by atoms with Crippen LogP contribution in [0.15, 0.2) is 18.2 Å². The molecule has 0 bridgehead atoms. The van der Waals surface area contributed by atoms with Gasteiger partial charge in [-0.25, -0.2) is 4.79 Å². The third-order valence-corrected chi connectivity index (χ3v) is 3.69. The van der Waals surface area contributed by atoms with Gasteiger partial charge in [0.15, 0.2) is 0 Å². The molecule has 1 N–H and O–H groups in total. The van der Waals surface area contributed by atoms with Crippen molar-refractivity contribution in [2.24, 2.45) is 0 Å².